The number of hydrogen-bond acceptors (Lipinski definition) is 6. The number of fused-ring (bicyclic) bond motifs is 1. The molecule has 40 heavy (non-hydrogen) atoms. The van der Waals surface area contributed by atoms with Crippen LogP contribution in [-0.2, 0) is 25.2 Å². The maximum Gasteiger partial charge on any atom is 0.416 e. The molecule has 0 spiro atoms. The number of Topliss-reactive ketones (excluding diaryl/α,β-unsaturated/α-hetero) is 1. The third-order valence-corrected chi connectivity index (χ3v) is 7.97. The molecule has 3 aromatic rings. The van der Waals surface area contributed by atoms with Crippen molar-refractivity contribution in [2.24, 2.45) is 5.41 Å². The number of benzene rings is 3. The van der Waals surface area contributed by atoms with Crippen LogP contribution in [0.1, 0.15) is 53.3 Å². The first-order chi connectivity index (χ1) is 18.5. The van der Waals surface area contributed by atoms with E-state index in [0.29, 0.717) is 12.1 Å². The molecule has 0 saturated carbocycles. The molecule has 0 aliphatic carbocycles. The number of aromatic carboxylic acids is 2. The Morgan fingerprint density at radius 3 is 1.70 bits per heavy atom. The topological polar surface area (TPSA) is 97.3 Å². The molecule has 0 N–H and O–H groups in total. The lowest BCUT2D eigenvalue weighted by atomic mass is 9.70. The summed E-state index contributed by atoms with van der Waals surface area (Å²) in [6, 6.07) is 7.23. The highest BCUT2D eigenvalue weighted by Gasteiger charge is 2.48. The van der Waals surface area contributed by atoms with E-state index in [1.807, 2.05) is 0 Å². The van der Waals surface area contributed by atoms with Crippen molar-refractivity contribution < 1.29 is 55.3 Å². The number of alkyl halides is 6. The lowest BCUT2D eigenvalue weighted by Gasteiger charge is -2.38. The fourth-order valence-corrected chi connectivity index (χ4v) is 6.08. The number of carbonyl (C=O) groups is 3. The lowest BCUT2D eigenvalue weighted by molar-refractivity contribution is -0.256. The molecular weight excluding hydrogens is 569 g/mol. The van der Waals surface area contributed by atoms with Crippen LogP contribution in [0.2, 0.25) is 0 Å². The average Bonchev–Trinajstić information content (AvgIpc) is 2.85. The molecule has 0 saturated heterocycles. The van der Waals surface area contributed by atoms with E-state index in [4.69, 9.17) is 0 Å². The molecular formula is C27H15F7O5S-2. The summed E-state index contributed by atoms with van der Waals surface area (Å²) >= 11 is 0.826. The molecule has 1 aliphatic heterocycles. The maximum absolute atomic E-state index is 14.1. The average molecular weight is 584 g/mol. The van der Waals surface area contributed by atoms with Crippen molar-refractivity contribution in [1.82, 2.24) is 0 Å². The number of thioether (sulfide) groups is 1. The van der Waals surface area contributed by atoms with Gasteiger partial charge in [-0.3, -0.25) is 4.79 Å². The van der Waals surface area contributed by atoms with Gasteiger partial charge in [0.25, 0.3) is 0 Å². The normalized spacial score (nSPS) is 15.0. The fraction of sp³-hybridized carbons (Fsp3) is 0.222. The Hall–Kier alpha value is -3.87. The second kappa shape index (κ2) is 10.3. The summed E-state index contributed by atoms with van der Waals surface area (Å²) in [6.45, 7) is 0. The number of carboxylic acid groups (broad SMARTS) is 2. The number of hydrogen-bond donors (Lipinski definition) is 0. The first-order valence-electron chi connectivity index (χ1n) is 11.3. The molecule has 210 valence electrons. The van der Waals surface area contributed by atoms with Crippen molar-refractivity contribution in [3.63, 3.8) is 0 Å². The molecule has 13 heteroatoms. The monoisotopic (exact) mass is 584 g/mol. The number of halogens is 7. The van der Waals surface area contributed by atoms with Gasteiger partial charge < -0.3 is 19.8 Å². The van der Waals surface area contributed by atoms with Gasteiger partial charge in [0, 0.05) is 27.3 Å². The van der Waals surface area contributed by atoms with E-state index in [0.717, 1.165) is 48.2 Å². The zero-order valence-electron chi connectivity index (χ0n) is 19.9. The Balaban J connectivity index is 2.03. The number of carbonyl (C=O) groups excluding carboxylic acids is 3. The highest BCUT2D eigenvalue weighted by molar-refractivity contribution is 7.99. The molecule has 0 fully saturated rings. The summed E-state index contributed by atoms with van der Waals surface area (Å²) < 4.78 is 98.1. The van der Waals surface area contributed by atoms with Crippen LogP contribution in [0.15, 0.2) is 59.5 Å². The molecule has 0 unspecified atom stereocenters. The fourth-order valence-electron chi connectivity index (χ4n) is 4.84. The molecule has 0 bridgehead atoms. The molecule has 1 heterocycles. The third-order valence-electron chi connectivity index (χ3n) is 6.60. The number of carboxylic acids is 2. The van der Waals surface area contributed by atoms with Crippen molar-refractivity contribution in [3.8, 4) is 0 Å². The summed E-state index contributed by atoms with van der Waals surface area (Å²) in [5.41, 5.74) is -9.37. The standard InChI is InChI=1S/C27H17F7O5S/c28-13-7-8-21-16(9-13)22(35)25(12-40-21,10-17-14(23(36)37)3-1-5-19(17)26(29,30)31)11-18-15(24(38)39)4-2-6-20(18)27(32,33)34/h1-9H,10-12H2,(H,36,37)(H,38,39)/p-2. The van der Waals surface area contributed by atoms with E-state index in [9.17, 15) is 55.3 Å². The van der Waals surface area contributed by atoms with Crippen LogP contribution in [-0.4, -0.2) is 23.5 Å². The predicted molar refractivity (Wildman–Crippen MR) is 123 cm³/mol. The van der Waals surface area contributed by atoms with Gasteiger partial charge >= 0.3 is 12.4 Å². The van der Waals surface area contributed by atoms with Gasteiger partial charge in [-0.15, -0.1) is 11.8 Å². The maximum atomic E-state index is 14.1. The van der Waals surface area contributed by atoms with Gasteiger partial charge in [0.15, 0.2) is 5.78 Å². The van der Waals surface area contributed by atoms with Gasteiger partial charge in [-0.25, -0.2) is 4.39 Å². The largest absolute Gasteiger partial charge is 0.545 e. The van der Waals surface area contributed by atoms with Crippen molar-refractivity contribution in [2.45, 2.75) is 30.1 Å². The third kappa shape index (κ3) is 5.42. The number of ketones is 1. The molecule has 5 nitrogen and oxygen atoms in total. The first-order valence-corrected chi connectivity index (χ1v) is 12.3. The summed E-state index contributed by atoms with van der Waals surface area (Å²) in [6.07, 6.45) is -12.4. The zero-order chi connectivity index (χ0) is 29.6. The Labute approximate surface area is 225 Å². The van der Waals surface area contributed by atoms with E-state index >= 15 is 0 Å². The molecule has 0 aromatic heterocycles. The Bertz CT molecular complexity index is 1450. The second-order valence-corrected chi connectivity index (χ2v) is 10.1. The number of rotatable bonds is 6. The smallest absolute Gasteiger partial charge is 0.416 e. The lowest BCUT2D eigenvalue weighted by Crippen LogP contribution is -2.43. The zero-order valence-corrected chi connectivity index (χ0v) is 20.7. The van der Waals surface area contributed by atoms with Crippen LogP contribution in [0.5, 0.6) is 0 Å². The minimum absolute atomic E-state index is 0.190. The molecule has 3 aromatic carbocycles. The minimum Gasteiger partial charge on any atom is -0.545 e. The van der Waals surface area contributed by atoms with E-state index in [2.05, 4.69) is 0 Å². The van der Waals surface area contributed by atoms with Gasteiger partial charge in [0.2, 0.25) is 0 Å². The summed E-state index contributed by atoms with van der Waals surface area (Å²) in [4.78, 5) is 37.7. The molecule has 0 amide bonds. The Morgan fingerprint density at radius 1 is 0.800 bits per heavy atom. The molecule has 4 rings (SSSR count). The van der Waals surface area contributed by atoms with E-state index < -0.39 is 93.3 Å². The van der Waals surface area contributed by atoms with Crippen LogP contribution < -0.4 is 10.2 Å². The van der Waals surface area contributed by atoms with Gasteiger partial charge in [0.05, 0.1) is 28.5 Å². The van der Waals surface area contributed by atoms with Crippen molar-refractivity contribution in [1.29, 1.82) is 0 Å². The van der Waals surface area contributed by atoms with Crippen LogP contribution in [0.3, 0.4) is 0 Å². The molecule has 0 atom stereocenters. The van der Waals surface area contributed by atoms with Crippen molar-refractivity contribution >= 4 is 29.5 Å². The highest BCUT2D eigenvalue weighted by Crippen LogP contribution is 2.48. The summed E-state index contributed by atoms with van der Waals surface area (Å²) in [5, 5.41) is 23.6. The summed E-state index contributed by atoms with van der Waals surface area (Å²) in [5.74, 6) is -6.56. The first kappa shape index (κ1) is 29.1. The SMILES string of the molecule is O=C([O-])c1cccc(C(F)(F)F)c1CC1(Cc2c(C(=O)[O-])cccc2C(F)(F)F)CSc2ccc(F)cc2C1=O. The van der Waals surface area contributed by atoms with Gasteiger partial charge in [-0.05, 0) is 54.3 Å². The van der Waals surface area contributed by atoms with Crippen LogP contribution >= 0.6 is 11.8 Å². The Morgan fingerprint density at radius 2 is 1.27 bits per heavy atom. The van der Waals surface area contributed by atoms with Gasteiger partial charge in [0.1, 0.15) is 5.82 Å². The van der Waals surface area contributed by atoms with Crippen LogP contribution in [0, 0.1) is 11.2 Å². The van der Waals surface area contributed by atoms with Gasteiger partial charge in [-0.2, -0.15) is 26.3 Å². The second-order valence-electron chi connectivity index (χ2n) is 9.13. The Kier molecular flexibility index (Phi) is 7.48. The quantitative estimate of drug-likeness (QED) is 0.400. The van der Waals surface area contributed by atoms with E-state index in [-0.39, 0.29) is 10.5 Å². The van der Waals surface area contributed by atoms with Gasteiger partial charge in [-0.1, -0.05) is 24.3 Å². The molecule has 1 aliphatic rings. The van der Waals surface area contributed by atoms with Crippen molar-refractivity contribution in [2.75, 3.05) is 5.75 Å². The summed E-state index contributed by atoms with van der Waals surface area (Å²) in [7, 11) is 0. The highest BCUT2D eigenvalue weighted by atomic mass is 32.2. The van der Waals surface area contributed by atoms with Crippen LogP contribution in [0.25, 0.3) is 0 Å². The van der Waals surface area contributed by atoms with E-state index in [1.54, 1.807) is 0 Å². The minimum atomic E-state index is -5.14. The van der Waals surface area contributed by atoms with Crippen molar-refractivity contribution in [3.05, 3.63) is 99.4 Å². The van der Waals surface area contributed by atoms with E-state index in [1.165, 1.54) is 6.07 Å². The molecule has 0 radical (unpaired) electrons. The van der Waals surface area contributed by atoms with Crippen LogP contribution in [0.4, 0.5) is 30.7 Å². The predicted octanol–water partition coefficient (Wildman–Crippen LogP) is 4.35.